The van der Waals surface area contributed by atoms with Gasteiger partial charge in [-0.05, 0) is 28.5 Å². The van der Waals surface area contributed by atoms with Crippen LogP contribution >= 0.6 is 0 Å². The van der Waals surface area contributed by atoms with E-state index in [1.807, 2.05) is 18.2 Å². The summed E-state index contributed by atoms with van der Waals surface area (Å²) in [6.45, 7) is 2.20. The summed E-state index contributed by atoms with van der Waals surface area (Å²) >= 11 is 0. The minimum atomic E-state index is 0.252. The van der Waals surface area contributed by atoms with E-state index in [-0.39, 0.29) is 5.92 Å². The average molecular weight is 272 g/mol. The van der Waals surface area contributed by atoms with Gasteiger partial charge >= 0.3 is 0 Å². The van der Waals surface area contributed by atoms with Crippen LogP contribution in [0.25, 0.3) is 21.8 Å². The Hall–Kier alpha value is -2.61. The monoisotopic (exact) mass is 272 g/mol. The molecule has 1 heterocycles. The van der Waals surface area contributed by atoms with Crippen molar-refractivity contribution in [2.24, 2.45) is 0 Å². The Morgan fingerprint density at radius 1 is 0.857 bits per heavy atom. The van der Waals surface area contributed by atoms with Gasteiger partial charge in [0.25, 0.3) is 0 Å². The van der Waals surface area contributed by atoms with E-state index in [0.29, 0.717) is 0 Å². The fourth-order valence-corrected chi connectivity index (χ4v) is 2.81. The number of hydrogen-bond donors (Lipinski definition) is 1. The topological polar surface area (TPSA) is 28.7 Å². The highest BCUT2D eigenvalue weighted by Gasteiger charge is 2.13. The van der Waals surface area contributed by atoms with Crippen LogP contribution in [0.3, 0.4) is 0 Å². The smallest absolute Gasteiger partial charge is 0.114 e. The highest BCUT2D eigenvalue weighted by Crippen LogP contribution is 2.26. The number of aromatic nitrogens is 2. The normalized spacial score (nSPS) is 12.8. The molecular formula is C19H16N2. The zero-order chi connectivity index (χ0) is 14.2. The second-order valence-electron chi connectivity index (χ2n) is 5.47. The van der Waals surface area contributed by atoms with E-state index < -0.39 is 0 Å². The van der Waals surface area contributed by atoms with Gasteiger partial charge in [-0.3, -0.25) is 0 Å². The Bertz CT molecular complexity index is 888. The first kappa shape index (κ1) is 12.2. The Morgan fingerprint density at radius 2 is 1.62 bits per heavy atom. The molecule has 0 aliphatic rings. The Balaban J connectivity index is 1.79. The first-order chi connectivity index (χ1) is 10.3. The van der Waals surface area contributed by atoms with Crippen LogP contribution in [-0.4, -0.2) is 9.97 Å². The van der Waals surface area contributed by atoms with Crippen LogP contribution in [0.15, 0.2) is 66.7 Å². The molecule has 0 spiro atoms. The van der Waals surface area contributed by atoms with Crippen LogP contribution in [0, 0.1) is 0 Å². The highest BCUT2D eigenvalue weighted by atomic mass is 14.9. The Kier molecular flexibility index (Phi) is 2.74. The molecule has 0 amide bonds. The van der Waals surface area contributed by atoms with Crippen molar-refractivity contribution in [2.45, 2.75) is 12.8 Å². The van der Waals surface area contributed by atoms with Gasteiger partial charge in [-0.25, -0.2) is 4.98 Å². The number of benzene rings is 3. The fourth-order valence-electron chi connectivity index (χ4n) is 2.81. The quantitative estimate of drug-likeness (QED) is 0.554. The summed E-state index contributed by atoms with van der Waals surface area (Å²) in [4.78, 5) is 8.14. The largest absolute Gasteiger partial charge is 0.341 e. The number of hydrogen-bond acceptors (Lipinski definition) is 1. The van der Waals surface area contributed by atoms with E-state index in [1.54, 1.807) is 0 Å². The maximum atomic E-state index is 4.71. The van der Waals surface area contributed by atoms with Gasteiger partial charge in [0.2, 0.25) is 0 Å². The van der Waals surface area contributed by atoms with Gasteiger partial charge in [0, 0.05) is 5.92 Å². The lowest BCUT2D eigenvalue weighted by atomic mass is 9.97. The SMILES string of the molecule is CC(c1ccc2ccccc2c1)c1nc2ccccc2[nH]1. The van der Waals surface area contributed by atoms with E-state index in [9.17, 15) is 0 Å². The molecule has 2 nitrogen and oxygen atoms in total. The Morgan fingerprint density at radius 3 is 2.48 bits per heavy atom. The summed E-state index contributed by atoms with van der Waals surface area (Å²) in [5.74, 6) is 1.27. The number of aromatic amines is 1. The van der Waals surface area contributed by atoms with Crippen LogP contribution in [0.4, 0.5) is 0 Å². The summed E-state index contributed by atoms with van der Waals surface area (Å²) in [6.07, 6.45) is 0. The van der Waals surface area contributed by atoms with E-state index in [1.165, 1.54) is 16.3 Å². The number of fused-ring (bicyclic) bond motifs is 2. The van der Waals surface area contributed by atoms with E-state index in [2.05, 4.69) is 60.4 Å². The molecule has 1 aromatic heterocycles. The molecule has 1 N–H and O–H groups in total. The lowest BCUT2D eigenvalue weighted by molar-refractivity contribution is 0.847. The van der Waals surface area contributed by atoms with Crippen molar-refractivity contribution in [2.75, 3.05) is 0 Å². The standard InChI is InChI=1S/C19H16N2/c1-13(19-20-17-8-4-5-9-18(17)21-19)15-11-10-14-6-2-3-7-16(14)12-15/h2-13H,1H3,(H,20,21). The molecule has 0 saturated heterocycles. The lowest BCUT2D eigenvalue weighted by Gasteiger charge is -2.10. The average Bonchev–Trinajstić information content (AvgIpc) is 2.97. The molecule has 0 radical (unpaired) electrons. The van der Waals surface area contributed by atoms with Crippen molar-refractivity contribution >= 4 is 21.8 Å². The van der Waals surface area contributed by atoms with Crippen molar-refractivity contribution in [1.29, 1.82) is 0 Å². The van der Waals surface area contributed by atoms with E-state index >= 15 is 0 Å². The number of para-hydroxylation sites is 2. The number of H-pyrrole nitrogens is 1. The number of rotatable bonds is 2. The summed E-state index contributed by atoms with van der Waals surface area (Å²) < 4.78 is 0. The Labute approximate surface area is 123 Å². The molecule has 4 rings (SSSR count). The van der Waals surface area contributed by atoms with Crippen molar-refractivity contribution < 1.29 is 0 Å². The molecule has 0 aliphatic heterocycles. The van der Waals surface area contributed by atoms with Crippen LogP contribution < -0.4 is 0 Å². The van der Waals surface area contributed by atoms with Gasteiger partial charge in [0.1, 0.15) is 5.82 Å². The molecule has 4 aromatic rings. The van der Waals surface area contributed by atoms with Crippen molar-refractivity contribution in [1.82, 2.24) is 9.97 Å². The predicted octanol–water partition coefficient (Wildman–Crippen LogP) is 4.87. The van der Waals surface area contributed by atoms with E-state index in [0.717, 1.165) is 16.9 Å². The third kappa shape index (κ3) is 2.09. The first-order valence-corrected chi connectivity index (χ1v) is 7.24. The third-order valence-corrected chi connectivity index (χ3v) is 4.09. The molecule has 0 fully saturated rings. The second kappa shape index (κ2) is 4.74. The first-order valence-electron chi connectivity index (χ1n) is 7.24. The second-order valence-corrected chi connectivity index (χ2v) is 5.47. The minimum absolute atomic E-state index is 0.252. The van der Waals surface area contributed by atoms with Gasteiger partial charge in [-0.15, -0.1) is 0 Å². The fraction of sp³-hybridized carbons (Fsp3) is 0.105. The minimum Gasteiger partial charge on any atom is -0.341 e. The van der Waals surface area contributed by atoms with Crippen molar-refractivity contribution in [3.63, 3.8) is 0 Å². The molecule has 0 aliphatic carbocycles. The molecule has 3 aromatic carbocycles. The molecule has 1 unspecified atom stereocenters. The lowest BCUT2D eigenvalue weighted by Crippen LogP contribution is -1.98. The maximum Gasteiger partial charge on any atom is 0.114 e. The van der Waals surface area contributed by atoms with Crippen LogP contribution in [0.1, 0.15) is 24.2 Å². The molecule has 0 bridgehead atoms. The number of nitrogens with zero attached hydrogens (tertiary/aromatic N) is 1. The van der Waals surface area contributed by atoms with Gasteiger partial charge in [-0.1, -0.05) is 61.5 Å². The summed E-state index contributed by atoms with van der Waals surface area (Å²) in [5.41, 5.74) is 3.41. The van der Waals surface area contributed by atoms with Gasteiger partial charge in [0.05, 0.1) is 11.0 Å². The molecule has 21 heavy (non-hydrogen) atoms. The summed E-state index contributed by atoms with van der Waals surface area (Å²) in [7, 11) is 0. The zero-order valence-corrected chi connectivity index (χ0v) is 11.9. The van der Waals surface area contributed by atoms with Crippen LogP contribution in [0.5, 0.6) is 0 Å². The van der Waals surface area contributed by atoms with Gasteiger partial charge in [-0.2, -0.15) is 0 Å². The van der Waals surface area contributed by atoms with Crippen LogP contribution in [0.2, 0.25) is 0 Å². The molecular weight excluding hydrogens is 256 g/mol. The third-order valence-electron chi connectivity index (χ3n) is 4.09. The molecule has 1 atom stereocenters. The number of nitrogens with one attached hydrogen (secondary N) is 1. The highest BCUT2D eigenvalue weighted by molar-refractivity contribution is 5.83. The number of imidazole rings is 1. The predicted molar refractivity (Wildman–Crippen MR) is 87.6 cm³/mol. The van der Waals surface area contributed by atoms with Gasteiger partial charge < -0.3 is 4.98 Å². The summed E-state index contributed by atoms with van der Waals surface area (Å²) in [6, 6.07) is 23.3. The van der Waals surface area contributed by atoms with Crippen molar-refractivity contribution in [3.8, 4) is 0 Å². The molecule has 102 valence electrons. The maximum absolute atomic E-state index is 4.71. The molecule has 0 saturated carbocycles. The van der Waals surface area contributed by atoms with Crippen molar-refractivity contribution in [3.05, 3.63) is 78.1 Å². The van der Waals surface area contributed by atoms with E-state index in [4.69, 9.17) is 4.98 Å². The zero-order valence-electron chi connectivity index (χ0n) is 11.9. The summed E-state index contributed by atoms with van der Waals surface area (Å²) in [5, 5.41) is 2.55. The molecule has 2 heteroatoms. The van der Waals surface area contributed by atoms with Crippen LogP contribution in [-0.2, 0) is 0 Å². The van der Waals surface area contributed by atoms with Gasteiger partial charge in [0.15, 0.2) is 0 Å².